The summed E-state index contributed by atoms with van der Waals surface area (Å²) in [6.07, 6.45) is 8.63. The van der Waals surface area contributed by atoms with Gasteiger partial charge in [0.2, 0.25) is 0 Å². The average molecular weight is 211 g/mol. The topological polar surface area (TPSA) is 23.1 Å². The predicted molar refractivity (Wildman–Crippen MR) is 63.2 cm³/mol. The first-order chi connectivity index (χ1) is 7.18. The lowest BCUT2D eigenvalue weighted by Gasteiger charge is -2.53. The van der Waals surface area contributed by atoms with Gasteiger partial charge in [-0.3, -0.25) is 0 Å². The SMILES string of the molecule is CCC1CCCCC1[N+]1([O-])CCCC1C. The molecule has 0 aromatic rings. The molecule has 88 valence electrons. The van der Waals surface area contributed by atoms with E-state index >= 15 is 0 Å². The minimum absolute atomic E-state index is 0.151. The molecule has 1 aliphatic carbocycles. The van der Waals surface area contributed by atoms with E-state index in [9.17, 15) is 5.21 Å². The van der Waals surface area contributed by atoms with Crippen molar-refractivity contribution in [3.63, 3.8) is 0 Å². The highest BCUT2D eigenvalue weighted by atomic mass is 16.6. The second kappa shape index (κ2) is 4.42. The van der Waals surface area contributed by atoms with Crippen molar-refractivity contribution in [1.82, 2.24) is 0 Å². The molecular formula is C13H25NO. The van der Waals surface area contributed by atoms with E-state index in [4.69, 9.17) is 0 Å². The zero-order valence-corrected chi connectivity index (χ0v) is 10.2. The Balaban J connectivity index is 2.12. The lowest BCUT2D eigenvalue weighted by Crippen LogP contribution is -2.56. The number of hydrogen-bond donors (Lipinski definition) is 0. The first-order valence-corrected chi connectivity index (χ1v) is 6.77. The van der Waals surface area contributed by atoms with Gasteiger partial charge >= 0.3 is 0 Å². The summed E-state index contributed by atoms with van der Waals surface area (Å²) in [6, 6.07) is 0.795. The van der Waals surface area contributed by atoms with Crippen molar-refractivity contribution < 1.29 is 4.65 Å². The molecule has 0 aromatic heterocycles. The van der Waals surface area contributed by atoms with Crippen LogP contribution in [0.25, 0.3) is 0 Å². The van der Waals surface area contributed by atoms with E-state index in [-0.39, 0.29) is 4.65 Å². The average Bonchev–Trinajstić information content (AvgIpc) is 2.60. The van der Waals surface area contributed by atoms with Crippen LogP contribution >= 0.6 is 0 Å². The molecule has 0 N–H and O–H groups in total. The van der Waals surface area contributed by atoms with Gasteiger partial charge in [-0.2, -0.15) is 0 Å². The van der Waals surface area contributed by atoms with Gasteiger partial charge in [0.05, 0.1) is 18.6 Å². The Morgan fingerprint density at radius 2 is 1.87 bits per heavy atom. The summed E-state index contributed by atoms with van der Waals surface area (Å²) >= 11 is 0. The molecule has 1 saturated carbocycles. The summed E-state index contributed by atoms with van der Waals surface area (Å²) in [4.78, 5) is 0. The molecule has 0 spiro atoms. The highest BCUT2D eigenvalue weighted by Gasteiger charge is 2.42. The number of rotatable bonds is 2. The molecule has 1 heterocycles. The predicted octanol–water partition coefficient (Wildman–Crippen LogP) is 3.45. The van der Waals surface area contributed by atoms with Gasteiger partial charge in [-0.05, 0) is 26.2 Å². The minimum Gasteiger partial charge on any atom is -0.632 e. The number of quaternary nitrogens is 1. The Morgan fingerprint density at radius 3 is 2.47 bits per heavy atom. The second-order valence-electron chi connectivity index (χ2n) is 5.59. The number of hydrogen-bond acceptors (Lipinski definition) is 1. The molecule has 4 unspecified atom stereocenters. The van der Waals surface area contributed by atoms with E-state index in [0.29, 0.717) is 18.0 Å². The fourth-order valence-corrected chi connectivity index (χ4v) is 3.81. The summed E-state index contributed by atoms with van der Waals surface area (Å²) in [5.41, 5.74) is 0. The maximum Gasteiger partial charge on any atom is 0.0917 e. The lowest BCUT2D eigenvalue weighted by atomic mass is 9.81. The zero-order valence-electron chi connectivity index (χ0n) is 10.2. The van der Waals surface area contributed by atoms with Crippen molar-refractivity contribution in [2.45, 2.75) is 70.9 Å². The van der Waals surface area contributed by atoms with E-state index < -0.39 is 0 Å². The molecule has 1 aliphatic heterocycles. The summed E-state index contributed by atoms with van der Waals surface area (Å²) in [5.74, 6) is 0.705. The number of hydroxylamine groups is 3. The lowest BCUT2D eigenvalue weighted by molar-refractivity contribution is -0.920. The maximum atomic E-state index is 12.9. The van der Waals surface area contributed by atoms with Crippen LogP contribution in [0.5, 0.6) is 0 Å². The summed E-state index contributed by atoms with van der Waals surface area (Å²) in [6.45, 7) is 5.32. The molecule has 2 nitrogen and oxygen atoms in total. The molecule has 0 amide bonds. The van der Waals surface area contributed by atoms with Crippen LogP contribution in [0.2, 0.25) is 0 Å². The van der Waals surface area contributed by atoms with E-state index in [1.807, 2.05) is 0 Å². The standard InChI is InChI=1S/C13H25NO/c1-3-12-8-4-5-9-13(12)14(15)10-6-7-11(14)2/h11-13H,3-10H2,1-2H3. The third kappa shape index (κ3) is 1.94. The van der Waals surface area contributed by atoms with E-state index in [0.717, 1.165) is 19.4 Å². The molecule has 2 fully saturated rings. The van der Waals surface area contributed by atoms with Crippen LogP contribution in [-0.2, 0) is 0 Å². The normalized spacial score (nSPS) is 47.0. The maximum absolute atomic E-state index is 12.9. The quantitative estimate of drug-likeness (QED) is 0.507. The smallest absolute Gasteiger partial charge is 0.0917 e. The van der Waals surface area contributed by atoms with Gasteiger partial charge in [0, 0.05) is 25.2 Å². The van der Waals surface area contributed by atoms with E-state index in [2.05, 4.69) is 13.8 Å². The van der Waals surface area contributed by atoms with E-state index in [1.54, 1.807) is 0 Å². The van der Waals surface area contributed by atoms with Gasteiger partial charge < -0.3 is 9.85 Å². The fraction of sp³-hybridized carbons (Fsp3) is 1.00. The van der Waals surface area contributed by atoms with Gasteiger partial charge in [-0.25, -0.2) is 0 Å². The molecule has 1 saturated heterocycles. The van der Waals surface area contributed by atoms with Crippen LogP contribution in [0, 0.1) is 11.1 Å². The summed E-state index contributed by atoms with van der Waals surface area (Å²) < 4.78 is 0.151. The Morgan fingerprint density at radius 1 is 1.13 bits per heavy atom. The van der Waals surface area contributed by atoms with Gasteiger partial charge in [0.15, 0.2) is 0 Å². The zero-order chi connectivity index (χ0) is 10.9. The molecule has 2 rings (SSSR count). The Bertz CT molecular complexity index is 219. The van der Waals surface area contributed by atoms with Crippen molar-refractivity contribution in [2.75, 3.05) is 6.54 Å². The number of likely N-dealkylation sites (tertiary alicyclic amines) is 1. The molecule has 0 aromatic carbocycles. The van der Waals surface area contributed by atoms with Crippen LogP contribution in [0.1, 0.15) is 58.8 Å². The van der Waals surface area contributed by atoms with Crippen LogP contribution in [0.3, 0.4) is 0 Å². The van der Waals surface area contributed by atoms with Crippen LogP contribution < -0.4 is 0 Å². The Labute approximate surface area is 93.8 Å². The Kier molecular flexibility index (Phi) is 3.36. The monoisotopic (exact) mass is 211 g/mol. The van der Waals surface area contributed by atoms with E-state index in [1.165, 1.54) is 32.1 Å². The van der Waals surface area contributed by atoms with Crippen molar-refractivity contribution in [1.29, 1.82) is 0 Å². The fourth-order valence-electron chi connectivity index (χ4n) is 3.81. The first kappa shape index (κ1) is 11.4. The molecule has 4 atom stereocenters. The molecule has 2 aliphatic rings. The second-order valence-corrected chi connectivity index (χ2v) is 5.59. The number of nitrogens with zero attached hydrogens (tertiary/aromatic N) is 1. The largest absolute Gasteiger partial charge is 0.632 e. The highest BCUT2D eigenvalue weighted by Crippen LogP contribution is 2.39. The molecular weight excluding hydrogens is 186 g/mol. The summed E-state index contributed by atoms with van der Waals surface area (Å²) in [5, 5.41) is 12.9. The molecule has 2 heteroatoms. The molecule has 0 radical (unpaired) electrons. The van der Waals surface area contributed by atoms with Crippen molar-refractivity contribution in [2.24, 2.45) is 5.92 Å². The molecule has 0 bridgehead atoms. The minimum atomic E-state index is 0.151. The van der Waals surface area contributed by atoms with Gasteiger partial charge in [0.25, 0.3) is 0 Å². The third-order valence-electron chi connectivity index (χ3n) is 4.83. The van der Waals surface area contributed by atoms with Crippen molar-refractivity contribution in [3.05, 3.63) is 5.21 Å². The molecule has 15 heavy (non-hydrogen) atoms. The third-order valence-corrected chi connectivity index (χ3v) is 4.83. The van der Waals surface area contributed by atoms with Crippen molar-refractivity contribution in [3.8, 4) is 0 Å². The van der Waals surface area contributed by atoms with Crippen LogP contribution in [0.15, 0.2) is 0 Å². The van der Waals surface area contributed by atoms with Crippen molar-refractivity contribution >= 4 is 0 Å². The highest BCUT2D eigenvalue weighted by molar-refractivity contribution is 4.80. The van der Waals surface area contributed by atoms with Gasteiger partial charge in [-0.1, -0.05) is 13.3 Å². The Hall–Kier alpha value is -0.0800. The van der Waals surface area contributed by atoms with Crippen LogP contribution in [-0.4, -0.2) is 23.3 Å². The summed E-state index contributed by atoms with van der Waals surface area (Å²) in [7, 11) is 0. The van der Waals surface area contributed by atoms with Crippen LogP contribution in [0.4, 0.5) is 0 Å². The van der Waals surface area contributed by atoms with Gasteiger partial charge in [-0.15, -0.1) is 0 Å². The first-order valence-electron chi connectivity index (χ1n) is 6.77. The van der Waals surface area contributed by atoms with Gasteiger partial charge in [0.1, 0.15) is 0 Å².